The predicted molar refractivity (Wildman–Crippen MR) is 80.6 cm³/mol. The molecule has 21 heavy (non-hydrogen) atoms. The number of nitrogens with zero attached hydrogens (tertiary/aromatic N) is 2. The lowest BCUT2D eigenvalue weighted by molar-refractivity contribution is 0.370. The Morgan fingerprint density at radius 2 is 1.90 bits per heavy atom. The third kappa shape index (κ3) is 4.29. The zero-order valence-electron chi connectivity index (χ0n) is 12.0. The molecule has 6 nitrogen and oxygen atoms in total. The van der Waals surface area contributed by atoms with Crippen LogP contribution in [0, 0.1) is 0 Å². The highest BCUT2D eigenvalue weighted by Crippen LogP contribution is 2.24. The second-order valence-electron chi connectivity index (χ2n) is 5.27. The smallest absolute Gasteiger partial charge is 0.237 e. The first-order valence-electron chi connectivity index (χ1n) is 6.21. The zero-order chi connectivity index (χ0) is 15.7. The van der Waals surface area contributed by atoms with Crippen LogP contribution in [0.4, 0.5) is 0 Å². The first-order valence-corrected chi connectivity index (χ1v) is 9.09. The fourth-order valence-corrected chi connectivity index (χ4v) is 2.87. The van der Waals surface area contributed by atoms with E-state index in [2.05, 4.69) is 10.1 Å². The lowest BCUT2D eigenvalue weighted by Gasteiger charge is -2.11. The van der Waals surface area contributed by atoms with E-state index in [9.17, 15) is 8.42 Å². The van der Waals surface area contributed by atoms with Gasteiger partial charge in [0.1, 0.15) is 0 Å². The summed E-state index contributed by atoms with van der Waals surface area (Å²) in [5.74, 6) is 1.45. The van der Waals surface area contributed by atoms with Crippen molar-refractivity contribution in [1.82, 2.24) is 10.1 Å². The van der Waals surface area contributed by atoms with Crippen LogP contribution in [-0.2, 0) is 21.1 Å². The molecule has 0 aliphatic carbocycles. The lowest BCUT2D eigenvalue weighted by atomic mass is 10.1. The monoisotopic (exact) mass is 327 g/mol. The van der Waals surface area contributed by atoms with Crippen LogP contribution in [0.15, 0.2) is 38.6 Å². The summed E-state index contributed by atoms with van der Waals surface area (Å²) in [6.07, 6.45) is 1.18. The lowest BCUT2D eigenvalue weighted by Crippen LogP contribution is -2.30. The molecule has 0 bridgehead atoms. The fourth-order valence-electron chi connectivity index (χ4n) is 1.50. The number of sulfone groups is 1. The summed E-state index contributed by atoms with van der Waals surface area (Å²) in [4.78, 5) is 5.46. The third-order valence-electron chi connectivity index (χ3n) is 2.66. The summed E-state index contributed by atoms with van der Waals surface area (Å²) in [6.45, 7) is 3.61. The predicted octanol–water partition coefficient (Wildman–Crippen LogP) is 1.96. The minimum absolute atomic E-state index is 0.303. The normalized spacial score (nSPS) is 12.6. The molecule has 1 aromatic carbocycles. The van der Waals surface area contributed by atoms with Crippen molar-refractivity contribution in [2.24, 2.45) is 5.73 Å². The van der Waals surface area contributed by atoms with E-state index < -0.39 is 15.4 Å². The largest absolute Gasteiger partial charge is 0.338 e. The molecule has 2 N–H and O–H groups in total. The van der Waals surface area contributed by atoms with E-state index in [1.165, 1.54) is 18.0 Å². The highest BCUT2D eigenvalue weighted by Gasteiger charge is 2.21. The number of rotatable bonds is 5. The van der Waals surface area contributed by atoms with Gasteiger partial charge < -0.3 is 10.3 Å². The SMILES string of the molecule is CC(C)(N)c1noc(CSc2ccc(S(C)(=O)=O)cc2)n1. The van der Waals surface area contributed by atoms with E-state index >= 15 is 0 Å². The van der Waals surface area contributed by atoms with Gasteiger partial charge in [0.25, 0.3) is 0 Å². The van der Waals surface area contributed by atoms with Crippen LogP contribution in [0.3, 0.4) is 0 Å². The summed E-state index contributed by atoms with van der Waals surface area (Å²) in [6, 6.07) is 6.68. The molecule has 0 unspecified atom stereocenters. The van der Waals surface area contributed by atoms with Crippen molar-refractivity contribution in [2.75, 3.05) is 6.26 Å². The van der Waals surface area contributed by atoms with Crippen LogP contribution in [0.5, 0.6) is 0 Å². The quantitative estimate of drug-likeness (QED) is 0.838. The molecule has 0 aliphatic rings. The molecule has 0 aliphatic heterocycles. The first kappa shape index (κ1) is 16.0. The number of hydrogen-bond acceptors (Lipinski definition) is 7. The van der Waals surface area contributed by atoms with Crippen LogP contribution in [0.25, 0.3) is 0 Å². The maximum absolute atomic E-state index is 11.4. The van der Waals surface area contributed by atoms with E-state index in [0.29, 0.717) is 22.4 Å². The third-order valence-corrected chi connectivity index (χ3v) is 4.78. The highest BCUT2D eigenvalue weighted by molar-refractivity contribution is 7.98. The summed E-state index contributed by atoms with van der Waals surface area (Å²) in [7, 11) is -3.16. The van der Waals surface area contributed by atoms with Crippen molar-refractivity contribution in [3.63, 3.8) is 0 Å². The Balaban J connectivity index is 2.02. The van der Waals surface area contributed by atoms with Gasteiger partial charge in [0.2, 0.25) is 5.89 Å². The molecule has 1 heterocycles. The van der Waals surface area contributed by atoms with Gasteiger partial charge in [0.05, 0.1) is 16.2 Å². The molecule has 0 spiro atoms. The molecular weight excluding hydrogens is 310 g/mol. The highest BCUT2D eigenvalue weighted by atomic mass is 32.2. The molecule has 0 atom stereocenters. The minimum Gasteiger partial charge on any atom is -0.338 e. The van der Waals surface area contributed by atoms with Crippen molar-refractivity contribution in [3.05, 3.63) is 36.0 Å². The van der Waals surface area contributed by atoms with Gasteiger partial charge in [-0.05, 0) is 38.1 Å². The molecule has 0 amide bonds. The van der Waals surface area contributed by atoms with Crippen LogP contribution in [-0.4, -0.2) is 24.8 Å². The number of thioether (sulfide) groups is 1. The molecule has 114 valence electrons. The van der Waals surface area contributed by atoms with E-state index in [1.807, 2.05) is 0 Å². The molecular formula is C13H17N3O3S2. The second kappa shape index (κ2) is 5.78. The molecule has 8 heteroatoms. The maximum atomic E-state index is 11.4. The average molecular weight is 327 g/mol. The molecule has 0 fully saturated rings. The van der Waals surface area contributed by atoms with Gasteiger partial charge in [-0.2, -0.15) is 4.98 Å². The molecule has 2 aromatic rings. The number of nitrogens with two attached hydrogens (primary N) is 1. The molecule has 1 aromatic heterocycles. The van der Waals surface area contributed by atoms with Gasteiger partial charge >= 0.3 is 0 Å². The van der Waals surface area contributed by atoms with Gasteiger partial charge in [0, 0.05) is 11.2 Å². The van der Waals surface area contributed by atoms with Gasteiger partial charge in [-0.15, -0.1) is 11.8 Å². The fraction of sp³-hybridized carbons (Fsp3) is 0.385. The molecule has 0 saturated heterocycles. The number of aromatic nitrogens is 2. The summed E-state index contributed by atoms with van der Waals surface area (Å²) < 4.78 is 27.9. The van der Waals surface area contributed by atoms with Crippen molar-refractivity contribution in [3.8, 4) is 0 Å². The summed E-state index contributed by atoms with van der Waals surface area (Å²) in [5, 5.41) is 3.84. The van der Waals surface area contributed by atoms with Gasteiger partial charge in [0.15, 0.2) is 15.7 Å². The molecule has 0 saturated carbocycles. The molecule has 2 rings (SSSR count). The topological polar surface area (TPSA) is 99.1 Å². The number of hydrogen-bond donors (Lipinski definition) is 1. The van der Waals surface area contributed by atoms with E-state index in [-0.39, 0.29) is 0 Å². The van der Waals surface area contributed by atoms with Crippen molar-refractivity contribution >= 4 is 21.6 Å². The summed E-state index contributed by atoms with van der Waals surface area (Å²) in [5.41, 5.74) is 5.25. The Hall–Kier alpha value is -1.38. The Morgan fingerprint density at radius 1 is 1.29 bits per heavy atom. The minimum atomic E-state index is -3.16. The average Bonchev–Trinajstić information content (AvgIpc) is 2.84. The Morgan fingerprint density at radius 3 is 2.38 bits per heavy atom. The van der Waals surface area contributed by atoms with Crippen LogP contribution in [0.2, 0.25) is 0 Å². The van der Waals surface area contributed by atoms with E-state index in [0.717, 1.165) is 4.90 Å². The van der Waals surface area contributed by atoms with Crippen molar-refractivity contribution < 1.29 is 12.9 Å². The maximum Gasteiger partial charge on any atom is 0.237 e. The van der Waals surface area contributed by atoms with E-state index in [1.54, 1.807) is 38.1 Å². The second-order valence-corrected chi connectivity index (χ2v) is 8.33. The Kier molecular flexibility index (Phi) is 4.40. The standard InChI is InChI=1S/C13H17N3O3S2/c1-13(2,14)12-15-11(19-16-12)8-20-9-4-6-10(7-5-9)21(3,17)18/h4-7H,8,14H2,1-3H3. The van der Waals surface area contributed by atoms with E-state index in [4.69, 9.17) is 10.3 Å². The first-order chi connectivity index (χ1) is 9.66. The van der Waals surface area contributed by atoms with Crippen LogP contribution < -0.4 is 5.73 Å². The Bertz CT molecular complexity index is 716. The van der Waals surface area contributed by atoms with Crippen molar-refractivity contribution in [2.45, 2.75) is 34.9 Å². The van der Waals surface area contributed by atoms with Gasteiger partial charge in [-0.3, -0.25) is 0 Å². The van der Waals surface area contributed by atoms with Crippen LogP contribution in [0.1, 0.15) is 25.6 Å². The summed E-state index contributed by atoms with van der Waals surface area (Å²) >= 11 is 1.48. The Labute approximate surface area is 128 Å². The van der Waals surface area contributed by atoms with Crippen molar-refractivity contribution in [1.29, 1.82) is 0 Å². The molecule has 0 radical (unpaired) electrons. The zero-order valence-corrected chi connectivity index (χ0v) is 13.7. The van der Waals surface area contributed by atoms with Gasteiger partial charge in [-0.1, -0.05) is 5.16 Å². The number of benzene rings is 1. The van der Waals surface area contributed by atoms with Crippen LogP contribution >= 0.6 is 11.8 Å². The van der Waals surface area contributed by atoms with Gasteiger partial charge in [-0.25, -0.2) is 8.42 Å².